The Morgan fingerprint density at radius 1 is 0.840 bits per heavy atom. The van der Waals surface area contributed by atoms with Crippen LogP contribution in [0.3, 0.4) is 0 Å². The van der Waals surface area contributed by atoms with Gasteiger partial charge >= 0.3 is 5.63 Å². The van der Waals surface area contributed by atoms with Crippen LogP contribution >= 0.6 is 0 Å². The zero-order valence-electron chi connectivity index (χ0n) is 11.9. The van der Waals surface area contributed by atoms with Gasteiger partial charge in [0.1, 0.15) is 16.9 Å². The van der Waals surface area contributed by atoms with Crippen LogP contribution in [0.25, 0.3) is 11.0 Å². The molecule has 0 unspecified atom stereocenters. The molecule has 3 aromatic rings. The number of rotatable bonds is 2. The fraction of sp³-hybridized carbons (Fsp3) is 0. The zero-order valence-corrected chi connectivity index (χ0v) is 11.9. The van der Waals surface area contributed by atoms with E-state index in [-0.39, 0.29) is 11.0 Å². The number of hydrogen-bond donors (Lipinski definition) is 1. The molecule has 0 aliphatic carbocycles. The SMILES string of the molecule is O=C(c1c(F)c(F)c(F)c(F)c1F)c1c(O)c2ccccc2oc1=O. The Balaban J connectivity index is 2.35. The van der Waals surface area contributed by atoms with Crippen LogP contribution in [0.2, 0.25) is 0 Å². The van der Waals surface area contributed by atoms with E-state index in [4.69, 9.17) is 4.42 Å². The van der Waals surface area contributed by atoms with Gasteiger partial charge in [0, 0.05) is 0 Å². The maximum absolute atomic E-state index is 13.8. The lowest BCUT2D eigenvalue weighted by Gasteiger charge is -2.09. The predicted octanol–water partition coefficient (Wildman–Crippen LogP) is 3.43. The van der Waals surface area contributed by atoms with Crippen LogP contribution in [0.5, 0.6) is 5.75 Å². The Hall–Kier alpha value is -3.23. The van der Waals surface area contributed by atoms with Crippen LogP contribution in [0.1, 0.15) is 15.9 Å². The van der Waals surface area contributed by atoms with Gasteiger partial charge in [0.25, 0.3) is 0 Å². The molecule has 0 fully saturated rings. The first-order chi connectivity index (χ1) is 11.8. The number of aromatic hydroxyl groups is 1. The molecule has 0 saturated carbocycles. The van der Waals surface area contributed by atoms with E-state index in [2.05, 4.69) is 0 Å². The third-order valence-electron chi connectivity index (χ3n) is 3.45. The highest BCUT2D eigenvalue weighted by atomic mass is 19.2. The third-order valence-corrected chi connectivity index (χ3v) is 3.45. The number of carbonyl (C=O) groups excluding carboxylic acids is 1. The van der Waals surface area contributed by atoms with Crippen molar-refractivity contribution in [2.24, 2.45) is 0 Å². The molecule has 0 spiro atoms. The van der Waals surface area contributed by atoms with E-state index < -0.39 is 57.4 Å². The summed E-state index contributed by atoms with van der Waals surface area (Å²) in [6.45, 7) is 0. The van der Waals surface area contributed by atoms with Crippen LogP contribution in [-0.4, -0.2) is 10.9 Å². The van der Waals surface area contributed by atoms with E-state index in [1.54, 1.807) is 0 Å². The van der Waals surface area contributed by atoms with Gasteiger partial charge in [0.05, 0.1) is 5.39 Å². The number of benzene rings is 2. The Bertz CT molecular complexity index is 1070. The fourth-order valence-electron chi connectivity index (χ4n) is 2.26. The second-order valence-corrected chi connectivity index (χ2v) is 4.88. The summed E-state index contributed by atoms with van der Waals surface area (Å²) in [5, 5.41) is 9.89. The average Bonchev–Trinajstić information content (AvgIpc) is 2.58. The summed E-state index contributed by atoms with van der Waals surface area (Å²) in [7, 11) is 0. The molecule has 0 radical (unpaired) electrons. The standard InChI is InChI=1S/C16H5F5O4/c17-9-7(10(18)12(20)13(21)11(9)19)15(23)8-14(22)5-3-1-2-4-6(5)25-16(8)24/h1-4,22H. The lowest BCUT2D eigenvalue weighted by molar-refractivity contribution is 0.102. The molecule has 1 aromatic heterocycles. The van der Waals surface area contributed by atoms with Crippen molar-refractivity contribution in [2.45, 2.75) is 0 Å². The van der Waals surface area contributed by atoms with E-state index in [0.717, 1.165) is 0 Å². The molecule has 25 heavy (non-hydrogen) atoms. The lowest BCUT2D eigenvalue weighted by atomic mass is 10.0. The number of carbonyl (C=O) groups is 1. The molecule has 0 atom stereocenters. The predicted molar refractivity (Wildman–Crippen MR) is 73.8 cm³/mol. The van der Waals surface area contributed by atoms with Crippen LogP contribution in [0.15, 0.2) is 33.5 Å². The summed E-state index contributed by atoms with van der Waals surface area (Å²) in [5.41, 5.74) is -4.75. The molecule has 9 heteroatoms. The minimum Gasteiger partial charge on any atom is -0.506 e. The van der Waals surface area contributed by atoms with Crippen LogP contribution in [-0.2, 0) is 0 Å². The van der Waals surface area contributed by atoms with E-state index in [1.807, 2.05) is 0 Å². The molecule has 0 bridgehead atoms. The number of halogens is 5. The molecule has 0 aliphatic rings. The van der Waals surface area contributed by atoms with Crippen molar-refractivity contribution >= 4 is 16.8 Å². The van der Waals surface area contributed by atoms with Crippen molar-refractivity contribution in [3.8, 4) is 5.75 Å². The molecular formula is C16H5F5O4. The maximum Gasteiger partial charge on any atom is 0.351 e. The summed E-state index contributed by atoms with van der Waals surface area (Å²) >= 11 is 0. The zero-order chi connectivity index (χ0) is 18.5. The summed E-state index contributed by atoms with van der Waals surface area (Å²) in [6, 6.07) is 5.33. The number of ketones is 1. The number of hydrogen-bond acceptors (Lipinski definition) is 4. The largest absolute Gasteiger partial charge is 0.506 e. The van der Waals surface area contributed by atoms with Crippen LogP contribution < -0.4 is 5.63 Å². The number of para-hydroxylation sites is 1. The summed E-state index contributed by atoms with van der Waals surface area (Å²) in [5.74, 6) is -14.9. The van der Waals surface area contributed by atoms with Crippen molar-refractivity contribution < 1.29 is 36.3 Å². The second kappa shape index (κ2) is 5.69. The smallest absolute Gasteiger partial charge is 0.351 e. The van der Waals surface area contributed by atoms with Gasteiger partial charge in [0.2, 0.25) is 11.6 Å². The Labute approximate surface area is 134 Å². The van der Waals surface area contributed by atoms with Crippen LogP contribution in [0.4, 0.5) is 22.0 Å². The molecule has 3 rings (SSSR count). The van der Waals surface area contributed by atoms with E-state index >= 15 is 0 Å². The lowest BCUT2D eigenvalue weighted by Crippen LogP contribution is -2.20. The van der Waals surface area contributed by atoms with Gasteiger partial charge in [-0.05, 0) is 12.1 Å². The van der Waals surface area contributed by atoms with Crippen molar-refractivity contribution in [1.82, 2.24) is 0 Å². The normalized spacial score (nSPS) is 11.1. The minimum atomic E-state index is -2.46. The second-order valence-electron chi connectivity index (χ2n) is 4.88. The van der Waals surface area contributed by atoms with Crippen LogP contribution in [0, 0.1) is 29.1 Å². The first-order valence-electron chi connectivity index (χ1n) is 6.56. The van der Waals surface area contributed by atoms with Gasteiger partial charge in [-0.15, -0.1) is 0 Å². The van der Waals surface area contributed by atoms with Crippen molar-refractivity contribution in [2.75, 3.05) is 0 Å². The van der Waals surface area contributed by atoms with Gasteiger partial charge in [-0.3, -0.25) is 4.79 Å². The highest BCUT2D eigenvalue weighted by Gasteiger charge is 2.33. The maximum atomic E-state index is 13.8. The highest BCUT2D eigenvalue weighted by molar-refractivity contribution is 6.12. The van der Waals surface area contributed by atoms with Gasteiger partial charge < -0.3 is 9.52 Å². The molecule has 1 N–H and O–H groups in total. The van der Waals surface area contributed by atoms with Gasteiger partial charge in [-0.1, -0.05) is 12.1 Å². The molecule has 1 heterocycles. The molecule has 2 aromatic carbocycles. The minimum absolute atomic E-state index is 0.140. The summed E-state index contributed by atoms with van der Waals surface area (Å²) < 4.78 is 71.8. The van der Waals surface area contributed by atoms with E-state index in [0.29, 0.717) is 0 Å². The van der Waals surface area contributed by atoms with Crippen molar-refractivity contribution in [3.63, 3.8) is 0 Å². The quantitative estimate of drug-likeness (QED) is 0.251. The third kappa shape index (κ3) is 2.35. The summed E-state index contributed by atoms with van der Waals surface area (Å²) in [6.07, 6.45) is 0. The first-order valence-corrected chi connectivity index (χ1v) is 6.56. The van der Waals surface area contributed by atoms with Gasteiger partial charge in [-0.2, -0.15) is 0 Å². The summed E-state index contributed by atoms with van der Waals surface area (Å²) in [4.78, 5) is 24.1. The molecule has 0 saturated heterocycles. The molecule has 0 aliphatic heterocycles. The number of fused-ring (bicyclic) bond motifs is 1. The van der Waals surface area contributed by atoms with E-state index in [1.165, 1.54) is 24.3 Å². The van der Waals surface area contributed by atoms with E-state index in [9.17, 15) is 36.6 Å². The Kier molecular flexibility index (Phi) is 3.78. The molecule has 128 valence electrons. The fourth-order valence-corrected chi connectivity index (χ4v) is 2.26. The monoisotopic (exact) mass is 356 g/mol. The molecule has 0 amide bonds. The average molecular weight is 356 g/mol. The van der Waals surface area contributed by atoms with Crippen molar-refractivity contribution in [1.29, 1.82) is 0 Å². The Morgan fingerprint density at radius 3 is 1.96 bits per heavy atom. The molecular weight excluding hydrogens is 351 g/mol. The van der Waals surface area contributed by atoms with Gasteiger partial charge in [0.15, 0.2) is 28.8 Å². The van der Waals surface area contributed by atoms with Gasteiger partial charge in [-0.25, -0.2) is 26.7 Å². The first kappa shape index (κ1) is 16.6. The highest BCUT2D eigenvalue weighted by Crippen LogP contribution is 2.30. The molecule has 4 nitrogen and oxygen atoms in total. The topological polar surface area (TPSA) is 67.5 Å². The Morgan fingerprint density at radius 2 is 1.36 bits per heavy atom. The van der Waals surface area contributed by atoms with Crippen molar-refractivity contribution in [3.05, 3.63) is 74.9 Å².